The summed E-state index contributed by atoms with van der Waals surface area (Å²) in [5, 5.41) is 12.6. The van der Waals surface area contributed by atoms with Gasteiger partial charge in [0.25, 0.3) is 0 Å². The Bertz CT molecular complexity index is 633. The molecular weight excluding hydrogens is 282 g/mol. The van der Waals surface area contributed by atoms with Gasteiger partial charge in [0.15, 0.2) is 5.82 Å². The molecule has 2 atom stereocenters. The number of thioether (sulfide) groups is 1. The molecule has 0 amide bonds. The van der Waals surface area contributed by atoms with Crippen LogP contribution in [-0.4, -0.2) is 32.0 Å². The van der Waals surface area contributed by atoms with Gasteiger partial charge in [-0.05, 0) is 37.1 Å². The van der Waals surface area contributed by atoms with E-state index in [4.69, 9.17) is 0 Å². The standard InChI is InChI=1S/C15H19N5S/c1-15(5-3-9-21-15)14-19-18-13-12(17-7-8-20(13)14)11-4-2-6-16-10-11/h2,4,6,10,12,17H,3,5,7-9H2,1H3. The first-order chi connectivity index (χ1) is 10.3. The third-order valence-electron chi connectivity index (χ3n) is 4.43. The lowest BCUT2D eigenvalue weighted by molar-refractivity contribution is 0.433. The lowest BCUT2D eigenvalue weighted by atomic mass is 10.0. The zero-order valence-corrected chi connectivity index (χ0v) is 12.9. The van der Waals surface area contributed by atoms with Crippen molar-refractivity contribution in [3.63, 3.8) is 0 Å². The highest BCUT2D eigenvalue weighted by Crippen LogP contribution is 2.46. The van der Waals surface area contributed by atoms with E-state index in [-0.39, 0.29) is 10.8 Å². The SMILES string of the molecule is CC1(c2nnc3n2CCNC3c2cccnc2)CCCS1. The van der Waals surface area contributed by atoms with E-state index in [9.17, 15) is 0 Å². The van der Waals surface area contributed by atoms with Gasteiger partial charge in [0, 0.05) is 25.5 Å². The minimum absolute atomic E-state index is 0.101. The zero-order chi connectivity index (χ0) is 14.3. The highest BCUT2D eigenvalue weighted by Gasteiger charge is 2.38. The minimum Gasteiger partial charge on any atom is -0.311 e. The molecule has 4 heterocycles. The summed E-state index contributed by atoms with van der Waals surface area (Å²) in [6.07, 6.45) is 6.18. The van der Waals surface area contributed by atoms with Gasteiger partial charge in [0.1, 0.15) is 5.82 Å². The van der Waals surface area contributed by atoms with Crippen LogP contribution in [0.15, 0.2) is 24.5 Å². The Kier molecular flexibility index (Phi) is 3.23. The number of nitrogens with zero attached hydrogens (tertiary/aromatic N) is 4. The molecule has 110 valence electrons. The summed E-state index contributed by atoms with van der Waals surface area (Å²) in [6.45, 7) is 4.20. The quantitative estimate of drug-likeness (QED) is 0.920. The summed E-state index contributed by atoms with van der Waals surface area (Å²) in [7, 11) is 0. The van der Waals surface area contributed by atoms with Crippen LogP contribution >= 0.6 is 11.8 Å². The minimum atomic E-state index is 0.101. The van der Waals surface area contributed by atoms with Gasteiger partial charge in [-0.1, -0.05) is 6.07 Å². The summed E-state index contributed by atoms with van der Waals surface area (Å²) in [4.78, 5) is 4.23. The van der Waals surface area contributed by atoms with Crippen molar-refractivity contribution in [1.82, 2.24) is 25.1 Å². The summed E-state index contributed by atoms with van der Waals surface area (Å²) in [5.41, 5.74) is 1.15. The fraction of sp³-hybridized carbons (Fsp3) is 0.533. The second-order valence-electron chi connectivity index (χ2n) is 5.89. The van der Waals surface area contributed by atoms with Crippen LogP contribution in [0.3, 0.4) is 0 Å². The monoisotopic (exact) mass is 301 g/mol. The van der Waals surface area contributed by atoms with Gasteiger partial charge in [-0.25, -0.2) is 0 Å². The molecule has 2 unspecified atom stereocenters. The molecule has 0 bridgehead atoms. The maximum Gasteiger partial charge on any atom is 0.154 e. The molecule has 21 heavy (non-hydrogen) atoms. The number of nitrogens with one attached hydrogen (secondary N) is 1. The van der Waals surface area contributed by atoms with E-state index in [2.05, 4.69) is 38.1 Å². The number of rotatable bonds is 2. The van der Waals surface area contributed by atoms with Crippen molar-refractivity contribution in [2.75, 3.05) is 12.3 Å². The van der Waals surface area contributed by atoms with Crippen molar-refractivity contribution in [3.8, 4) is 0 Å². The van der Waals surface area contributed by atoms with E-state index in [1.165, 1.54) is 18.6 Å². The normalized spacial score (nSPS) is 28.5. The van der Waals surface area contributed by atoms with Crippen LogP contribution in [-0.2, 0) is 11.3 Å². The highest BCUT2D eigenvalue weighted by atomic mass is 32.2. The van der Waals surface area contributed by atoms with E-state index in [1.54, 1.807) is 6.20 Å². The van der Waals surface area contributed by atoms with E-state index >= 15 is 0 Å². The van der Waals surface area contributed by atoms with Crippen LogP contribution in [0.25, 0.3) is 0 Å². The Balaban J connectivity index is 1.75. The van der Waals surface area contributed by atoms with Crippen molar-refractivity contribution < 1.29 is 0 Å². The fourth-order valence-electron chi connectivity index (χ4n) is 3.32. The Hall–Kier alpha value is -1.40. The summed E-state index contributed by atoms with van der Waals surface area (Å²) in [6, 6.07) is 4.17. The second kappa shape index (κ2) is 5.10. The largest absolute Gasteiger partial charge is 0.311 e. The van der Waals surface area contributed by atoms with Gasteiger partial charge in [-0.15, -0.1) is 22.0 Å². The maximum absolute atomic E-state index is 4.56. The van der Waals surface area contributed by atoms with Gasteiger partial charge in [0.05, 0.1) is 10.8 Å². The molecule has 4 rings (SSSR count). The first kappa shape index (κ1) is 13.3. The van der Waals surface area contributed by atoms with Gasteiger partial charge in [0.2, 0.25) is 0 Å². The Morgan fingerprint density at radius 2 is 2.38 bits per heavy atom. The molecule has 5 nitrogen and oxygen atoms in total. The Morgan fingerprint density at radius 3 is 3.14 bits per heavy atom. The molecule has 2 aliphatic rings. The lowest BCUT2D eigenvalue weighted by Gasteiger charge is -2.28. The van der Waals surface area contributed by atoms with E-state index in [0.29, 0.717) is 0 Å². The predicted molar refractivity (Wildman–Crippen MR) is 83.1 cm³/mol. The Labute approximate surface area is 128 Å². The smallest absolute Gasteiger partial charge is 0.154 e. The van der Waals surface area contributed by atoms with E-state index in [1.807, 2.05) is 24.0 Å². The molecule has 2 aromatic heterocycles. The molecule has 0 spiro atoms. The van der Waals surface area contributed by atoms with Gasteiger partial charge >= 0.3 is 0 Å². The molecule has 1 N–H and O–H groups in total. The third kappa shape index (κ3) is 2.17. The van der Waals surface area contributed by atoms with Crippen molar-refractivity contribution in [3.05, 3.63) is 41.7 Å². The van der Waals surface area contributed by atoms with Crippen LogP contribution in [0.2, 0.25) is 0 Å². The zero-order valence-electron chi connectivity index (χ0n) is 12.1. The molecule has 6 heteroatoms. The predicted octanol–water partition coefficient (Wildman–Crippen LogP) is 2.11. The van der Waals surface area contributed by atoms with Gasteiger partial charge in [-0.3, -0.25) is 4.98 Å². The molecule has 0 radical (unpaired) electrons. The fourth-order valence-corrected chi connectivity index (χ4v) is 4.63. The number of hydrogen-bond donors (Lipinski definition) is 1. The van der Waals surface area contributed by atoms with Crippen molar-refractivity contribution >= 4 is 11.8 Å². The highest BCUT2D eigenvalue weighted by molar-refractivity contribution is 8.00. The third-order valence-corrected chi connectivity index (χ3v) is 5.95. The lowest BCUT2D eigenvalue weighted by Crippen LogP contribution is -2.36. The van der Waals surface area contributed by atoms with Crippen LogP contribution in [0.1, 0.15) is 43.0 Å². The summed E-state index contributed by atoms with van der Waals surface area (Å²) < 4.78 is 2.45. The van der Waals surface area contributed by atoms with Crippen LogP contribution in [0, 0.1) is 0 Å². The number of hydrogen-bond acceptors (Lipinski definition) is 5. The first-order valence-electron chi connectivity index (χ1n) is 7.49. The van der Waals surface area contributed by atoms with Gasteiger partial charge < -0.3 is 9.88 Å². The van der Waals surface area contributed by atoms with Gasteiger partial charge in [-0.2, -0.15) is 0 Å². The van der Waals surface area contributed by atoms with Crippen LogP contribution in [0.4, 0.5) is 0 Å². The molecule has 0 aliphatic carbocycles. The number of pyridine rings is 1. The number of fused-ring (bicyclic) bond motifs is 1. The molecule has 0 aromatic carbocycles. The van der Waals surface area contributed by atoms with E-state index < -0.39 is 0 Å². The average Bonchev–Trinajstić information content (AvgIpc) is 3.15. The molecule has 2 aliphatic heterocycles. The topological polar surface area (TPSA) is 55.6 Å². The van der Waals surface area contributed by atoms with Crippen molar-refractivity contribution in [2.45, 2.75) is 37.1 Å². The molecular formula is C15H19N5S. The second-order valence-corrected chi connectivity index (χ2v) is 7.49. The van der Waals surface area contributed by atoms with Crippen molar-refractivity contribution in [2.24, 2.45) is 0 Å². The molecule has 1 fully saturated rings. The van der Waals surface area contributed by atoms with Crippen LogP contribution in [0.5, 0.6) is 0 Å². The van der Waals surface area contributed by atoms with Crippen molar-refractivity contribution in [1.29, 1.82) is 0 Å². The number of aromatic nitrogens is 4. The van der Waals surface area contributed by atoms with Crippen LogP contribution < -0.4 is 5.32 Å². The Morgan fingerprint density at radius 1 is 1.43 bits per heavy atom. The maximum atomic E-state index is 4.56. The first-order valence-corrected chi connectivity index (χ1v) is 8.47. The molecule has 0 saturated carbocycles. The summed E-state index contributed by atoms with van der Waals surface area (Å²) in [5.74, 6) is 3.40. The average molecular weight is 301 g/mol. The van der Waals surface area contributed by atoms with E-state index in [0.717, 1.165) is 30.3 Å². The molecule has 2 aromatic rings. The summed E-state index contributed by atoms with van der Waals surface area (Å²) >= 11 is 2.02. The molecule has 1 saturated heterocycles.